The lowest BCUT2D eigenvalue weighted by Crippen LogP contribution is -2.13. The van der Waals surface area contributed by atoms with Gasteiger partial charge in [-0.3, -0.25) is 10.1 Å². The van der Waals surface area contributed by atoms with Gasteiger partial charge in [0, 0.05) is 6.07 Å². The lowest BCUT2D eigenvalue weighted by Gasteiger charge is -2.00. The summed E-state index contributed by atoms with van der Waals surface area (Å²) in [6, 6.07) is 3.99. The molecule has 0 aliphatic rings. The maximum Gasteiger partial charge on any atom is 0.281 e. The SMILES string of the molecule is NS(=O)(=O)c1nc(-c2c(Cl)cccc2[N+](=O)[O-])n[nH]1. The van der Waals surface area contributed by atoms with Gasteiger partial charge in [-0.1, -0.05) is 17.7 Å². The smallest absolute Gasteiger partial charge is 0.258 e. The highest BCUT2D eigenvalue weighted by Gasteiger charge is 2.24. The van der Waals surface area contributed by atoms with Crippen molar-refractivity contribution in [3.05, 3.63) is 33.3 Å². The number of rotatable bonds is 3. The Bertz CT molecular complexity index is 756. The summed E-state index contributed by atoms with van der Waals surface area (Å²) in [4.78, 5) is 13.8. The highest BCUT2D eigenvalue weighted by Crippen LogP contribution is 2.34. The molecule has 2 rings (SSSR count). The van der Waals surface area contributed by atoms with E-state index in [1.165, 1.54) is 18.2 Å². The van der Waals surface area contributed by atoms with E-state index in [9.17, 15) is 18.5 Å². The molecule has 0 aliphatic carbocycles. The lowest BCUT2D eigenvalue weighted by atomic mass is 10.1. The van der Waals surface area contributed by atoms with Gasteiger partial charge in [0.05, 0.1) is 9.95 Å². The molecule has 0 spiro atoms. The Balaban J connectivity index is 2.66. The molecule has 0 atom stereocenters. The van der Waals surface area contributed by atoms with Gasteiger partial charge in [-0.15, -0.1) is 0 Å². The minimum Gasteiger partial charge on any atom is -0.258 e. The summed E-state index contributed by atoms with van der Waals surface area (Å²) in [6.07, 6.45) is 0. The Kier molecular flexibility index (Phi) is 3.22. The number of primary sulfonamides is 1. The molecule has 1 aromatic heterocycles. The predicted molar refractivity (Wildman–Crippen MR) is 64.9 cm³/mol. The molecule has 1 aromatic carbocycles. The summed E-state index contributed by atoms with van der Waals surface area (Å²) in [5, 5.41) is 20.8. The largest absolute Gasteiger partial charge is 0.281 e. The number of sulfonamides is 1. The van der Waals surface area contributed by atoms with Crippen LogP contribution >= 0.6 is 11.6 Å². The maximum atomic E-state index is 11.1. The Morgan fingerprint density at radius 2 is 2.11 bits per heavy atom. The molecule has 9 nitrogen and oxygen atoms in total. The van der Waals surface area contributed by atoms with Crippen molar-refractivity contribution in [2.24, 2.45) is 5.14 Å². The minimum atomic E-state index is -4.08. The zero-order chi connectivity index (χ0) is 14.2. The highest BCUT2D eigenvalue weighted by atomic mass is 35.5. The molecule has 0 saturated carbocycles. The number of nitrogens with two attached hydrogens (primary N) is 1. The Hall–Kier alpha value is -2.04. The van der Waals surface area contributed by atoms with Gasteiger partial charge in [0.15, 0.2) is 5.82 Å². The molecule has 0 fully saturated rings. The highest BCUT2D eigenvalue weighted by molar-refractivity contribution is 7.89. The van der Waals surface area contributed by atoms with Gasteiger partial charge >= 0.3 is 0 Å². The number of H-pyrrole nitrogens is 1. The van der Waals surface area contributed by atoms with Crippen LogP contribution in [-0.2, 0) is 10.0 Å². The van der Waals surface area contributed by atoms with Crippen molar-refractivity contribution in [1.29, 1.82) is 0 Å². The summed E-state index contributed by atoms with van der Waals surface area (Å²) in [5.74, 6) is -0.221. The monoisotopic (exact) mass is 303 g/mol. The third kappa shape index (κ3) is 2.54. The molecule has 0 bridgehead atoms. The number of aromatic nitrogens is 3. The fourth-order valence-electron chi connectivity index (χ4n) is 1.37. The molecule has 0 unspecified atom stereocenters. The Labute approximate surface area is 111 Å². The van der Waals surface area contributed by atoms with E-state index in [0.29, 0.717) is 0 Å². The lowest BCUT2D eigenvalue weighted by molar-refractivity contribution is -0.384. The van der Waals surface area contributed by atoms with Gasteiger partial charge in [0.25, 0.3) is 20.9 Å². The van der Waals surface area contributed by atoms with Crippen molar-refractivity contribution in [2.75, 3.05) is 0 Å². The van der Waals surface area contributed by atoms with Crippen molar-refractivity contribution in [3.63, 3.8) is 0 Å². The molecular formula is C8H6ClN5O4S. The quantitative estimate of drug-likeness (QED) is 0.630. The molecule has 3 N–H and O–H groups in total. The molecule has 1 heterocycles. The number of nitro groups is 1. The van der Waals surface area contributed by atoms with Crippen molar-refractivity contribution in [2.45, 2.75) is 5.16 Å². The van der Waals surface area contributed by atoms with E-state index in [-0.39, 0.29) is 22.1 Å². The summed E-state index contributed by atoms with van der Waals surface area (Å²) in [6.45, 7) is 0. The number of benzene rings is 1. The Morgan fingerprint density at radius 3 is 2.63 bits per heavy atom. The first-order valence-electron chi connectivity index (χ1n) is 4.69. The van der Waals surface area contributed by atoms with Gasteiger partial charge in [-0.2, -0.15) is 10.1 Å². The topological polar surface area (TPSA) is 145 Å². The van der Waals surface area contributed by atoms with Crippen LogP contribution in [0.2, 0.25) is 5.02 Å². The van der Waals surface area contributed by atoms with Crippen molar-refractivity contribution >= 4 is 27.3 Å². The van der Waals surface area contributed by atoms with E-state index >= 15 is 0 Å². The number of nitro benzene ring substituents is 1. The number of nitrogens with zero attached hydrogens (tertiary/aromatic N) is 3. The van der Waals surface area contributed by atoms with Crippen molar-refractivity contribution in [3.8, 4) is 11.4 Å². The van der Waals surface area contributed by atoms with E-state index in [4.69, 9.17) is 16.7 Å². The zero-order valence-corrected chi connectivity index (χ0v) is 10.6. The van der Waals surface area contributed by atoms with Crippen molar-refractivity contribution in [1.82, 2.24) is 15.2 Å². The molecule has 0 amide bonds. The summed E-state index contributed by atoms with van der Waals surface area (Å²) < 4.78 is 22.1. The standard InChI is InChI=1S/C8H6ClN5O4S/c9-4-2-1-3-5(14(15)16)6(4)7-11-8(13-12-7)19(10,17)18/h1-3H,(H2,10,17,18)(H,11,12,13). The van der Waals surface area contributed by atoms with Gasteiger partial charge in [-0.25, -0.2) is 18.7 Å². The molecule has 0 radical (unpaired) electrons. The minimum absolute atomic E-state index is 0.0224. The number of halogens is 1. The number of hydrogen-bond donors (Lipinski definition) is 2. The van der Waals surface area contributed by atoms with E-state index in [1.807, 2.05) is 0 Å². The molecular weight excluding hydrogens is 298 g/mol. The van der Waals surface area contributed by atoms with Crippen molar-refractivity contribution < 1.29 is 13.3 Å². The number of hydrogen-bond acceptors (Lipinski definition) is 6. The van der Waals surface area contributed by atoms with E-state index < -0.39 is 20.1 Å². The van der Waals surface area contributed by atoms with E-state index in [2.05, 4.69) is 15.2 Å². The van der Waals surface area contributed by atoms with Gasteiger partial charge in [0.2, 0.25) is 0 Å². The molecule has 2 aromatic rings. The normalized spacial score (nSPS) is 11.5. The van der Waals surface area contributed by atoms with Gasteiger partial charge in [0.1, 0.15) is 5.56 Å². The first-order valence-corrected chi connectivity index (χ1v) is 6.61. The average molecular weight is 304 g/mol. The van der Waals surface area contributed by atoms with Crippen LogP contribution in [-0.4, -0.2) is 28.5 Å². The van der Waals surface area contributed by atoms with Crippen LogP contribution in [0.1, 0.15) is 0 Å². The van der Waals surface area contributed by atoms with Gasteiger partial charge in [-0.05, 0) is 6.07 Å². The third-order valence-electron chi connectivity index (χ3n) is 2.15. The van der Waals surface area contributed by atoms with Crippen LogP contribution in [0.4, 0.5) is 5.69 Å². The van der Waals surface area contributed by atoms with Crippen LogP contribution in [0.5, 0.6) is 0 Å². The fourth-order valence-corrected chi connectivity index (χ4v) is 2.01. The number of aromatic amines is 1. The zero-order valence-electron chi connectivity index (χ0n) is 9.07. The molecule has 0 aliphatic heterocycles. The average Bonchev–Trinajstić information content (AvgIpc) is 2.77. The van der Waals surface area contributed by atoms with Crippen LogP contribution < -0.4 is 5.14 Å². The first-order chi connectivity index (χ1) is 8.80. The maximum absolute atomic E-state index is 11.1. The molecule has 100 valence electrons. The van der Waals surface area contributed by atoms with Gasteiger partial charge < -0.3 is 0 Å². The summed E-state index contributed by atoms with van der Waals surface area (Å²) in [5.41, 5.74) is -0.423. The van der Waals surface area contributed by atoms with Crippen LogP contribution in [0.25, 0.3) is 11.4 Å². The molecule has 19 heavy (non-hydrogen) atoms. The second-order valence-electron chi connectivity index (χ2n) is 3.40. The van der Waals surface area contributed by atoms with Crippen LogP contribution in [0, 0.1) is 10.1 Å². The molecule has 0 saturated heterocycles. The first kappa shape index (κ1) is 13.4. The summed E-state index contributed by atoms with van der Waals surface area (Å²) in [7, 11) is -4.08. The molecule has 11 heteroatoms. The van der Waals surface area contributed by atoms with Crippen LogP contribution in [0.3, 0.4) is 0 Å². The predicted octanol–water partition coefficient (Wildman–Crippen LogP) is 0.681. The summed E-state index contributed by atoms with van der Waals surface area (Å²) >= 11 is 5.85. The second-order valence-corrected chi connectivity index (χ2v) is 5.28. The third-order valence-corrected chi connectivity index (χ3v) is 3.18. The Morgan fingerprint density at radius 1 is 1.42 bits per heavy atom. The van der Waals surface area contributed by atoms with E-state index in [1.54, 1.807) is 0 Å². The van der Waals surface area contributed by atoms with Crippen LogP contribution in [0.15, 0.2) is 23.4 Å². The number of nitrogens with one attached hydrogen (secondary N) is 1. The van der Waals surface area contributed by atoms with E-state index in [0.717, 1.165) is 0 Å². The fraction of sp³-hybridized carbons (Fsp3) is 0. The second kappa shape index (κ2) is 4.57.